The van der Waals surface area contributed by atoms with Crippen molar-refractivity contribution in [2.75, 3.05) is 17.2 Å². The van der Waals surface area contributed by atoms with Gasteiger partial charge in [-0.3, -0.25) is 4.79 Å². The molecule has 2 N–H and O–H groups in total. The Hall–Kier alpha value is -2.37. The zero-order chi connectivity index (χ0) is 15.4. The van der Waals surface area contributed by atoms with Crippen molar-refractivity contribution in [2.45, 2.75) is 33.6 Å². The van der Waals surface area contributed by atoms with Gasteiger partial charge in [0.25, 0.3) is 5.91 Å². The first-order valence-electron chi connectivity index (χ1n) is 7.00. The maximum absolute atomic E-state index is 12.3. The highest BCUT2D eigenvalue weighted by molar-refractivity contribution is 6.04. The number of hydrogen-bond donors (Lipinski definition) is 2. The molecule has 2 aromatic heterocycles. The molecule has 21 heavy (non-hydrogen) atoms. The lowest BCUT2D eigenvalue weighted by atomic mass is 10.1. The molecule has 2 heterocycles. The summed E-state index contributed by atoms with van der Waals surface area (Å²) in [6.45, 7) is 8.59. The van der Waals surface area contributed by atoms with Crippen LogP contribution in [-0.4, -0.2) is 22.6 Å². The van der Waals surface area contributed by atoms with E-state index in [1.54, 1.807) is 25.1 Å². The Kier molecular flexibility index (Phi) is 4.57. The number of aryl methyl sites for hydroxylation is 1. The van der Waals surface area contributed by atoms with Gasteiger partial charge in [0.2, 0.25) is 0 Å². The minimum absolute atomic E-state index is 0.230. The number of pyridine rings is 1. The molecule has 0 saturated carbocycles. The van der Waals surface area contributed by atoms with Gasteiger partial charge < -0.3 is 15.2 Å². The average molecular weight is 288 g/mol. The summed E-state index contributed by atoms with van der Waals surface area (Å²) in [4.78, 5) is 16.8. The summed E-state index contributed by atoms with van der Waals surface area (Å²) in [5.74, 6) is 1.77. The highest BCUT2D eigenvalue weighted by atomic mass is 16.5. The molecule has 0 unspecified atom stereocenters. The molecule has 6 nitrogen and oxygen atoms in total. The molecule has 0 fully saturated rings. The molecule has 0 bridgehead atoms. The number of amides is 1. The van der Waals surface area contributed by atoms with Crippen LogP contribution >= 0.6 is 0 Å². The van der Waals surface area contributed by atoms with Gasteiger partial charge in [0, 0.05) is 23.9 Å². The van der Waals surface area contributed by atoms with E-state index in [0.717, 1.165) is 12.2 Å². The molecule has 0 aromatic carbocycles. The quantitative estimate of drug-likeness (QED) is 0.883. The molecule has 6 heteroatoms. The van der Waals surface area contributed by atoms with Crippen molar-refractivity contribution in [2.24, 2.45) is 0 Å². The zero-order valence-corrected chi connectivity index (χ0v) is 12.7. The number of carbonyl (C=O) groups is 1. The van der Waals surface area contributed by atoms with Crippen molar-refractivity contribution in [1.29, 1.82) is 0 Å². The second-order valence-electron chi connectivity index (χ2n) is 5.13. The first-order valence-corrected chi connectivity index (χ1v) is 7.00. The third-order valence-corrected chi connectivity index (χ3v) is 2.93. The standard InChI is InChI=1S/C15H20N4O2/c1-5-16-13-8-11(7-12(17-13)9(2)3)15(20)18-14-6-10(4)21-19-14/h6-9H,5H2,1-4H3,(H,16,17)(H,18,19,20). The molecule has 0 aliphatic heterocycles. The molecule has 0 aliphatic carbocycles. The van der Waals surface area contributed by atoms with Crippen LogP contribution in [-0.2, 0) is 0 Å². The van der Waals surface area contributed by atoms with Gasteiger partial charge in [-0.1, -0.05) is 19.0 Å². The van der Waals surface area contributed by atoms with Crippen molar-refractivity contribution < 1.29 is 9.32 Å². The van der Waals surface area contributed by atoms with Crippen molar-refractivity contribution in [3.05, 3.63) is 35.2 Å². The lowest BCUT2D eigenvalue weighted by molar-refractivity contribution is 0.102. The predicted octanol–water partition coefficient (Wildman–Crippen LogP) is 3.19. The Morgan fingerprint density at radius 2 is 2.05 bits per heavy atom. The Morgan fingerprint density at radius 3 is 2.62 bits per heavy atom. The molecule has 1 amide bonds. The summed E-state index contributed by atoms with van der Waals surface area (Å²) >= 11 is 0. The van der Waals surface area contributed by atoms with Gasteiger partial charge in [0.05, 0.1) is 0 Å². The molecule has 2 aromatic rings. The van der Waals surface area contributed by atoms with E-state index in [9.17, 15) is 4.79 Å². The monoisotopic (exact) mass is 288 g/mol. The normalized spacial score (nSPS) is 10.7. The van der Waals surface area contributed by atoms with E-state index in [2.05, 4.69) is 20.8 Å². The minimum atomic E-state index is -0.230. The maximum atomic E-state index is 12.3. The summed E-state index contributed by atoms with van der Waals surface area (Å²) in [6.07, 6.45) is 0. The Morgan fingerprint density at radius 1 is 1.29 bits per heavy atom. The van der Waals surface area contributed by atoms with Crippen LogP contribution in [0.5, 0.6) is 0 Å². The van der Waals surface area contributed by atoms with Crippen LogP contribution in [0, 0.1) is 6.92 Å². The van der Waals surface area contributed by atoms with Gasteiger partial charge in [0.1, 0.15) is 11.6 Å². The van der Waals surface area contributed by atoms with Gasteiger partial charge in [-0.2, -0.15) is 0 Å². The second kappa shape index (κ2) is 6.39. The lowest BCUT2D eigenvalue weighted by Crippen LogP contribution is -2.14. The Labute approximate surface area is 123 Å². The molecular formula is C15H20N4O2. The molecule has 0 saturated heterocycles. The molecule has 0 atom stereocenters. The summed E-state index contributed by atoms with van der Waals surface area (Å²) < 4.78 is 4.94. The Balaban J connectivity index is 2.26. The highest BCUT2D eigenvalue weighted by Gasteiger charge is 2.13. The lowest BCUT2D eigenvalue weighted by Gasteiger charge is -2.11. The van der Waals surface area contributed by atoms with Crippen molar-refractivity contribution in [1.82, 2.24) is 10.1 Å². The third kappa shape index (κ3) is 3.81. The van der Waals surface area contributed by atoms with Crippen LogP contribution in [0.2, 0.25) is 0 Å². The number of nitrogens with one attached hydrogen (secondary N) is 2. The first-order chi connectivity index (χ1) is 9.99. The van der Waals surface area contributed by atoms with E-state index in [0.29, 0.717) is 23.0 Å². The first kappa shape index (κ1) is 15.0. The summed E-state index contributed by atoms with van der Waals surface area (Å²) in [7, 11) is 0. The number of anilines is 2. The van der Waals surface area contributed by atoms with E-state index in [1.165, 1.54) is 0 Å². The molecule has 0 aliphatic rings. The van der Waals surface area contributed by atoms with Crippen molar-refractivity contribution in [3.8, 4) is 0 Å². The maximum Gasteiger partial charge on any atom is 0.257 e. The van der Waals surface area contributed by atoms with Crippen LogP contribution in [0.15, 0.2) is 22.7 Å². The van der Waals surface area contributed by atoms with Gasteiger partial charge in [-0.25, -0.2) is 4.98 Å². The largest absolute Gasteiger partial charge is 0.370 e. The smallest absolute Gasteiger partial charge is 0.257 e. The second-order valence-corrected chi connectivity index (χ2v) is 5.13. The average Bonchev–Trinajstić information content (AvgIpc) is 2.84. The van der Waals surface area contributed by atoms with E-state index in [1.807, 2.05) is 20.8 Å². The van der Waals surface area contributed by atoms with Crippen LogP contribution < -0.4 is 10.6 Å². The third-order valence-electron chi connectivity index (χ3n) is 2.93. The fourth-order valence-electron chi connectivity index (χ4n) is 1.86. The van der Waals surface area contributed by atoms with Gasteiger partial charge >= 0.3 is 0 Å². The van der Waals surface area contributed by atoms with Crippen LogP contribution in [0.1, 0.15) is 48.5 Å². The minimum Gasteiger partial charge on any atom is -0.370 e. The van der Waals surface area contributed by atoms with Crippen LogP contribution in [0.4, 0.5) is 11.6 Å². The van der Waals surface area contributed by atoms with Gasteiger partial charge in [-0.05, 0) is 31.9 Å². The number of rotatable bonds is 5. The van der Waals surface area contributed by atoms with Gasteiger partial charge in [0.15, 0.2) is 5.82 Å². The predicted molar refractivity (Wildman–Crippen MR) is 81.7 cm³/mol. The number of aromatic nitrogens is 2. The molecular weight excluding hydrogens is 268 g/mol. The van der Waals surface area contributed by atoms with E-state index < -0.39 is 0 Å². The summed E-state index contributed by atoms with van der Waals surface area (Å²) in [5.41, 5.74) is 1.42. The van der Waals surface area contributed by atoms with E-state index in [-0.39, 0.29) is 11.8 Å². The summed E-state index contributed by atoms with van der Waals surface area (Å²) in [6, 6.07) is 5.21. The Bertz CT molecular complexity index is 634. The molecule has 0 radical (unpaired) electrons. The van der Waals surface area contributed by atoms with Gasteiger partial charge in [-0.15, -0.1) is 0 Å². The topological polar surface area (TPSA) is 80.0 Å². The zero-order valence-electron chi connectivity index (χ0n) is 12.7. The SMILES string of the molecule is CCNc1cc(C(=O)Nc2cc(C)on2)cc(C(C)C)n1. The fourth-order valence-corrected chi connectivity index (χ4v) is 1.86. The van der Waals surface area contributed by atoms with Crippen LogP contribution in [0.25, 0.3) is 0 Å². The number of nitrogens with zero attached hydrogens (tertiary/aromatic N) is 2. The summed E-state index contributed by atoms with van der Waals surface area (Å²) in [5, 5.41) is 9.62. The van der Waals surface area contributed by atoms with E-state index >= 15 is 0 Å². The number of carbonyl (C=O) groups excluding carboxylic acids is 1. The fraction of sp³-hybridized carbons (Fsp3) is 0.400. The molecule has 2 rings (SSSR count). The molecule has 112 valence electrons. The van der Waals surface area contributed by atoms with E-state index in [4.69, 9.17) is 4.52 Å². The van der Waals surface area contributed by atoms with Crippen molar-refractivity contribution in [3.63, 3.8) is 0 Å². The van der Waals surface area contributed by atoms with Crippen LogP contribution in [0.3, 0.4) is 0 Å². The van der Waals surface area contributed by atoms with Crippen molar-refractivity contribution >= 4 is 17.5 Å². The highest BCUT2D eigenvalue weighted by Crippen LogP contribution is 2.19. The molecule has 0 spiro atoms. The number of hydrogen-bond acceptors (Lipinski definition) is 5.